The van der Waals surface area contributed by atoms with E-state index in [-0.39, 0.29) is 11.9 Å². The van der Waals surface area contributed by atoms with Crippen molar-refractivity contribution in [3.05, 3.63) is 29.8 Å². The summed E-state index contributed by atoms with van der Waals surface area (Å²) in [7, 11) is 0. The van der Waals surface area contributed by atoms with Crippen molar-refractivity contribution in [1.29, 1.82) is 0 Å². The molecule has 0 saturated carbocycles. The van der Waals surface area contributed by atoms with E-state index in [0.29, 0.717) is 6.04 Å². The molecule has 0 aliphatic carbocycles. The molecule has 2 aliphatic heterocycles. The van der Waals surface area contributed by atoms with Gasteiger partial charge in [0.2, 0.25) is 5.91 Å². The SMILES string of the molecule is C[C@@H]1C[C@H](Nc2cccc(CN3CCC[C@H]3C(N)=O)c2)CS1. The Kier molecular flexibility index (Phi) is 4.93. The standard InChI is InChI=1S/C17H25N3OS/c1-12-8-15(11-22-12)19-14-5-2-4-13(9-14)10-20-7-3-6-16(20)17(18)21/h2,4-5,9,12,15-16,19H,3,6-8,10-11H2,1H3,(H2,18,21)/t12-,15+,16+/m1/s1. The first-order valence-corrected chi connectivity index (χ1v) is 9.17. The van der Waals surface area contributed by atoms with Gasteiger partial charge in [-0.2, -0.15) is 11.8 Å². The van der Waals surface area contributed by atoms with Crippen LogP contribution in [0.25, 0.3) is 0 Å². The van der Waals surface area contributed by atoms with E-state index >= 15 is 0 Å². The number of primary amides is 1. The van der Waals surface area contributed by atoms with Gasteiger partial charge in [0.25, 0.3) is 0 Å². The number of carbonyl (C=O) groups excluding carboxylic acids is 1. The Bertz CT molecular complexity index is 536. The summed E-state index contributed by atoms with van der Waals surface area (Å²) in [6.07, 6.45) is 3.18. The number of thioether (sulfide) groups is 1. The lowest BCUT2D eigenvalue weighted by Gasteiger charge is -2.22. The molecule has 1 aromatic rings. The Balaban J connectivity index is 1.62. The largest absolute Gasteiger partial charge is 0.381 e. The zero-order chi connectivity index (χ0) is 15.5. The lowest BCUT2D eigenvalue weighted by atomic mass is 10.1. The first-order valence-electron chi connectivity index (χ1n) is 8.12. The van der Waals surface area contributed by atoms with Crippen LogP contribution in [-0.2, 0) is 11.3 Å². The van der Waals surface area contributed by atoms with Gasteiger partial charge in [-0.05, 0) is 43.5 Å². The van der Waals surface area contributed by atoms with E-state index in [9.17, 15) is 4.79 Å². The van der Waals surface area contributed by atoms with Gasteiger partial charge in [-0.25, -0.2) is 0 Å². The van der Waals surface area contributed by atoms with E-state index in [1.54, 1.807) is 0 Å². The van der Waals surface area contributed by atoms with Crippen molar-refractivity contribution in [2.24, 2.45) is 5.73 Å². The number of carbonyl (C=O) groups is 1. The van der Waals surface area contributed by atoms with Gasteiger partial charge in [-0.15, -0.1) is 0 Å². The summed E-state index contributed by atoms with van der Waals surface area (Å²) < 4.78 is 0. The third-order valence-electron chi connectivity index (χ3n) is 4.57. The number of anilines is 1. The van der Waals surface area contributed by atoms with E-state index in [2.05, 4.69) is 41.4 Å². The molecule has 2 heterocycles. The third-order valence-corrected chi connectivity index (χ3v) is 5.93. The minimum Gasteiger partial charge on any atom is -0.381 e. The molecule has 22 heavy (non-hydrogen) atoms. The zero-order valence-corrected chi connectivity index (χ0v) is 13.9. The summed E-state index contributed by atoms with van der Waals surface area (Å²) >= 11 is 2.04. The molecule has 3 N–H and O–H groups in total. The monoisotopic (exact) mass is 319 g/mol. The number of hydrogen-bond acceptors (Lipinski definition) is 4. The van der Waals surface area contributed by atoms with Crippen molar-refractivity contribution in [3.63, 3.8) is 0 Å². The van der Waals surface area contributed by atoms with Crippen molar-refractivity contribution in [1.82, 2.24) is 4.90 Å². The van der Waals surface area contributed by atoms with Crippen molar-refractivity contribution in [2.75, 3.05) is 17.6 Å². The van der Waals surface area contributed by atoms with Crippen LogP contribution in [0.3, 0.4) is 0 Å². The van der Waals surface area contributed by atoms with E-state index < -0.39 is 0 Å². The van der Waals surface area contributed by atoms with Crippen molar-refractivity contribution in [2.45, 2.75) is 50.1 Å². The van der Waals surface area contributed by atoms with Gasteiger partial charge in [-0.3, -0.25) is 9.69 Å². The number of amides is 1. The quantitative estimate of drug-likeness (QED) is 0.875. The Labute approximate surface area is 136 Å². The molecule has 3 atom stereocenters. The van der Waals surface area contributed by atoms with Gasteiger partial charge in [0.1, 0.15) is 0 Å². The highest BCUT2D eigenvalue weighted by Crippen LogP contribution is 2.28. The van der Waals surface area contributed by atoms with Crippen molar-refractivity contribution < 1.29 is 4.79 Å². The molecule has 5 heteroatoms. The summed E-state index contributed by atoms with van der Waals surface area (Å²) in [5.74, 6) is 0.991. The summed E-state index contributed by atoms with van der Waals surface area (Å²) in [5.41, 5.74) is 7.93. The molecule has 120 valence electrons. The highest BCUT2D eigenvalue weighted by Gasteiger charge is 2.28. The predicted molar refractivity (Wildman–Crippen MR) is 93.0 cm³/mol. The Morgan fingerprint density at radius 2 is 2.36 bits per heavy atom. The van der Waals surface area contributed by atoms with Gasteiger partial charge in [0, 0.05) is 29.3 Å². The molecule has 2 fully saturated rings. The normalized spacial score (nSPS) is 28.9. The minimum atomic E-state index is -0.191. The molecule has 0 aromatic heterocycles. The lowest BCUT2D eigenvalue weighted by molar-refractivity contribution is -0.122. The minimum absolute atomic E-state index is 0.0938. The summed E-state index contributed by atoms with van der Waals surface area (Å²) in [4.78, 5) is 13.7. The molecule has 0 radical (unpaired) electrons. The smallest absolute Gasteiger partial charge is 0.234 e. The van der Waals surface area contributed by atoms with E-state index in [1.807, 2.05) is 11.8 Å². The summed E-state index contributed by atoms with van der Waals surface area (Å²) in [6.45, 7) is 4.06. The number of nitrogens with two attached hydrogens (primary N) is 1. The zero-order valence-electron chi connectivity index (χ0n) is 13.1. The fourth-order valence-electron chi connectivity index (χ4n) is 3.49. The number of nitrogens with zero attached hydrogens (tertiary/aromatic N) is 1. The molecule has 4 nitrogen and oxygen atoms in total. The Morgan fingerprint density at radius 3 is 3.09 bits per heavy atom. The van der Waals surface area contributed by atoms with Crippen LogP contribution in [0.15, 0.2) is 24.3 Å². The number of nitrogens with one attached hydrogen (secondary N) is 1. The van der Waals surface area contributed by atoms with Crippen LogP contribution >= 0.6 is 11.8 Å². The van der Waals surface area contributed by atoms with Crippen LogP contribution in [0.4, 0.5) is 5.69 Å². The molecule has 1 amide bonds. The van der Waals surface area contributed by atoms with E-state index in [4.69, 9.17) is 5.73 Å². The fourth-order valence-corrected chi connectivity index (χ4v) is 4.63. The Morgan fingerprint density at radius 1 is 1.50 bits per heavy atom. The highest BCUT2D eigenvalue weighted by molar-refractivity contribution is 8.00. The molecule has 1 aromatic carbocycles. The molecular weight excluding hydrogens is 294 g/mol. The molecule has 0 spiro atoms. The van der Waals surface area contributed by atoms with Crippen LogP contribution in [0.5, 0.6) is 0 Å². The van der Waals surface area contributed by atoms with Gasteiger partial charge in [0.05, 0.1) is 6.04 Å². The predicted octanol–water partition coefficient (Wildman–Crippen LogP) is 2.44. The molecule has 3 rings (SSSR count). The second-order valence-corrected chi connectivity index (χ2v) is 7.92. The number of likely N-dealkylation sites (tertiary alicyclic amines) is 1. The molecule has 0 bridgehead atoms. The van der Waals surface area contributed by atoms with Gasteiger partial charge in [0.15, 0.2) is 0 Å². The van der Waals surface area contributed by atoms with Crippen LogP contribution in [0.1, 0.15) is 31.7 Å². The highest BCUT2D eigenvalue weighted by atomic mass is 32.2. The second-order valence-electron chi connectivity index (χ2n) is 6.45. The molecule has 0 unspecified atom stereocenters. The Hall–Kier alpha value is -1.20. The van der Waals surface area contributed by atoms with E-state index in [0.717, 1.165) is 31.2 Å². The lowest BCUT2D eigenvalue weighted by Crippen LogP contribution is -2.39. The average molecular weight is 319 g/mol. The first-order chi connectivity index (χ1) is 10.6. The molecule has 2 saturated heterocycles. The van der Waals surface area contributed by atoms with Crippen LogP contribution < -0.4 is 11.1 Å². The molecular formula is C17H25N3OS. The number of hydrogen-bond donors (Lipinski definition) is 2. The number of rotatable bonds is 5. The van der Waals surface area contributed by atoms with Crippen molar-refractivity contribution >= 4 is 23.4 Å². The van der Waals surface area contributed by atoms with Crippen LogP contribution in [0.2, 0.25) is 0 Å². The van der Waals surface area contributed by atoms with E-state index in [1.165, 1.54) is 23.4 Å². The van der Waals surface area contributed by atoms with Crippen molar-refractivity contribution in [3.8, 4) is 0 Å². The maximum atomic E-state index is 11.5. The summed E-state index contributed by atoms with van der Waals surface area (Å²) in [5, 5.41) is 4.39. The first kappa shape index (κ1) is 15.7. The number of benzene rings is 1. The van der Waals surface area contributed by atoms with Crippen LogP contribution in [0, 0.1) is 0 Å². The van der Waals surface area contributed by atoms with Gasteiger partial charge >= 0.3 is 0 Å². The molecule has 2 aliphatic rings. The average Bonchev–Trinajstić information content (AvgIpc) is 3.08. The van der Waals surface area contributed by atoms with Crippen LogP contribution in [-0.4, -0.2) is 40.4 Å². The topological polar surface area (TPSA) is 58.4 Å². The maximum absolute atomic E-state index is 11.5. The fraction of sp³-hybridized carbons (Fsp3) is 0.588. The third kappa shape index (κ3) is 3.76. The maximum Gasteiger partial charge on any atom is 0.234 e. The van der Waals surface area contributed by atoms with Gasteiger partial charge in [-0.1, -0.05) is 19.1 Å². The van der Waals surface area contributed by atoms with Gasteiger partial charge < -0.3 is 11.1 Å². The second kappa shape index (κ2) is 6.92. The summed E-state index contributed by atoms with van der Waals surface area (Å²) in [6, 6.07) is 9.05.